The summed E-state index contributed by atoms with van der Waals surface area (Å²) in [6, 6.07) is 16.5. The number of pyridine rings is 1. The van der Waals surface area contributed by atoms with E-state index in [-0.39, 0.29) is 5.97 Å². The average molecular weight is 566 g/mol. The number of carbonyl (C=O) groups is 1. The highest BCUT2D eigenvalue weighted by Crippen LogP contribution is 2.53. The number of unbranched alkanes of at least 4 members (excludes halogenated alkanes) is 5. The van der Waals surface area contributed by atoms with Gasteiger partial charge < -0.3 is 19.4 Å². The number of esters is 1. The van der Waals surface area contributed by atoms with Crippen molar-refractivity contribution >= 4 is 22.6 Å². The number of carbonyl (C=O) groups excluding carboxylic acids is 1. The number of benzene rings is 2. The first-order valence-corrected chi connectivity index (χ1v) is 15.9. The van der Waals surface area contributed by atoms with Gasteiger partial charge in [-0.15, -0.1) is 0 Å². The van der Waals surface area contributed by atoms with Crippen molar-refractivity contribution in [1.29, 1.82) is 0 Å². The predicted molar refractivity (Wildman–Crippen MR) is 169 cm³/mol. The molecule has 6 nitrogen and oxygen atoms in total. The number of aromatic amines is 1. The third-order valence-corrected chi connectivity index (χ3v) is 8.97. The van der Waals surface area contributed by atoms with Crippen molar-refractivity contribution in [2.45, 2.75) is 84.2 Å². The number of fused-ring (bicyclic) bond motifs is 2. The number of nitrogens with zero attached hydrogens (tertiary/aromatic N) is 2. The summed E-state index contributed by atoms with van der Waals surface area (Å²) in [4.78, 5) is 24.5. The Balaban J connectivity index is 1.54. The number of aryl methyl sites for hydroxylation is 2. The highest BCUT2D eigenvalue weighted by atomic mass is 16.6. The summed E-state index contributed by atoms with van der Waals surface area (Å²) in [5.74, 6) is 0.377. The first-order chi connectivity index (χ1) is 20.6. The van der Waals surface area contributed by atoms with Crippen LogP contribution in [0.25, 0.3) is 10.9 Å². The fourth-order valence-electron chi connectivity index (χ4n) is 7.02. The van der Waals surface area contributed by atoms with E-state index in [0.717, 1.165) is 65.1 Å². The number of aromatic nitrogens is 2. The van der Waals surface area contributed by atoms with Gasteiger partial charge in [0.15, 0.2) is 0 Å². The summed E-state index contributed by atoms with van der Waals surface area (Å²) < 4.78 is 13.0. The first kappa shape index (κ1) is 28.3. The van der Waals surface area contributed by atoms with Crippen molar-refractivity contribution in [2.24, 2.45) is 0 Å². The number of rotatable bonds is 12. The molecular formula is C36H43N3O3. The first-order valence-electron chi connectivity index (χ1n) is 15.9. The maximum atomic E-state index is 13.6. The van der Waals surface area contributed by atoms with Crippen LogP contribution in [0.5, 0.6) is 5.75 Å². The minimum Gasteiger partial charge on any atom is -0.493 e. The number of cyclic esters (lactones) is 1. The molecule has 1 fully saturated rings. The van der Waals surface area contributed by atoms with Crippen LogP contribution in [0.15, 0.2) is 54.7 Å². The van der Waals surface area contributed by atoms with Gasteiger partial charge in [0, 0.05) is 58.8 Å². The zero-order valence-electron chi connectivity index (χ0n) is 25.3. The van der Waals surface area contributed by atoms with E-state index in [9.17, 15) is 4.79 Å². The standard InChI is InChI=1S/C36H43N3O3/c1-4-6-7-8-9-10-15-26-16-13-18-30-32(26)33(25(3)38-30)36(34-28(35(40)42-36)17-14-21-37-34)29-20-19-27(24-31(29)41-5-2)39-22-11-12-23-39/h13-14,16-21,24,38H,4-12,15,22-23H2,1-3H3. The minimum absolute atomic E-state index is 0.355. The fourth-order valence-corrected chi connectivity index (χ4v) is 7.02. The van der Waals surface area contributed by atoms with Gasteiger partial charge in [-0.05, 0) is 75.4 Å². The lowest BCUT2D eigenvalue weighted by atomic mass is 9.79. The molecule has 1 unspecified atom stereocenters. The predicted octanol–water partition coefficient (Wildman–Crippen LogP) is 8.24. The van der Waals surface area contributed by atoms with Gasteiger partial charge in [-0.1, -0.05) is 51.2 Å². The average Bonchev–Trinajstić information content (AvgIpc) is 3.73. The maximum Gasteiger partial charge on any atom is 0.341 e. The monoisotopic (exact) mass is 565 g/mol. The number of ether oxygens (including phenoxy) is 2. The lowest BCUT2D eigenvalue weighted by Crippen LogP contribution is -2.32. The normalized spacial score (nSPS) is 18.1. The molecule has 0 amide bonds. The molecule has 42 heavy (non-hydrogen) atoms. The number of H-pyrrole nitrogens is 1. The van der Waals surface area contributed by atoms with E-state index in [2.05, 4.69) is 60.1 Å². The van der Waals surface area contributed by atoms with E-state index < -0.39 is 5.60 Å². The summed E-state index contributed by atoms with van der Waals surface area (Å²) in [7, 11) is 0. The van der Waals surface area contributed by atoms with Crippen molar-refractivity contribution in [2.75, 3.05) is 24.6 Å². The third-order valence-electron chi connectivity index (χ3n) is 8.97. The van der Waals surface area contributed by atoms with E-state index in [1.807, 2.05) is 19.1 Å². The Kier molecular flexibility index (Phi) is 8.23. The quantitative estimate of drug-likeness (QED) is 0.138. The van der Waals surface area contributed by atoms with Crippen LogP contribution in [0, 0.1) is 6.92 Å². The van der Waals surface area contributed by atoms with E-state index >= 15 is 0 Å². The summed E-state index contributed by atoms with van der Waals surface area (Å²) >= 11 is 0. The zero-order valence-corrected chi connectivity index (χ0v) is 25.3. The second-order valence-electron chi connectivity index (χ2n) is 11.8. The van der Waals surface area contributed by atoms with E-state index in [1.165, 1.54) is 50.5 Å². The highest BCUT2D eigenvalue weighted by molar-refractivity contribution is 5.98. The van der Waals surface area contributed by atoms with Gasteiger partial charge >= 0.3 is 5.97 Å². The van der Waals surface area contributed by atoms with E-state index in [4.69, 9.17) is 14.5 Å². The van der Waals surface area contributed by atoms with Crippen LogP contribution in [-0.2, 0) is 16.8 Å². The molecule has 4 heterocycles. The van der Waals surface area contributed by atoms with Gasteiger partial charge in [0.25, 0.3) is 0 Å². The SMILES string of the molecule is CCCCCCCCc1cccc2[nH]c(C)c(C3(c4ccc(N5CCCC5)cc4OCC)OC(=O)c4cccnc43)c12. The topological polar surface area (TPSA) is 67.5 Å². The second-order valence-corrected chi connectivity index (χ2v) is 11.8. The van der Waals surface area contributed by atoms with Gasteiger partial charge in [-0.3, -0.25) is 4.98 Å². The van der Waals surface area contributed by atoms with Crippen LogP contribution in [0.3, 0.4) is 0 Å². The largest absolute Gasteiger partial charge is 0.493 e. The molecule has 4 aromatic rings. The van der Waals surface area contributed by atoms with Crippen molar-refractivity contribution in [1.82, 2.24) is 9.97 Å². The van der Waals surface area contributed by atoms with Gasteiger partial charge in [0.1, 0.15) is 11.4 Å². The van der Waals surface area contributed by atoms with Crippen LogP contribution in [0.1, 0.15) is 104 Å². The van der Waals surface area contributed by atoms with Crippen molar-refractivity contribution in [3.05, 3.63) is 88.4 Å². The summed E-state index contributed by atoms with van der Waals surface area (Å²) in [5.41, 5.74) is 6.11. The van der Waals surface area contributed by atoms with Crippen LogP contribution < -0.4 is 9.64 Å². The highest BCUT2D eigenvalue weighted by Gasteiger charge is 2.53. The summed E-state index contributed by atoms with van der Waals surface area (Å²) in [6.45, 7) is 8.93. The molecule has 2 aromatic heterocycles. The third kappa shape index (κ3) is 4.95. The number of anilines is 1. The number of nitrogens with one attached hydrogen (secondary N) is 1. The van der Waals surface area contributed by atoms with Gasteiger partial charge in [-0.2, -0.15) is 0 Å². The Morgan fingerprint density at radius 1 is 1.00 bits per heavy atom. The van der Waals surface area contributed by atoms with Crippen molar-refractivity contribution in [3.63, 3.8) is 0 Å². The van der Waals surface area contributed by atoms with E-state index in [1.54, 1.807) is 6.20 Å². The Hall–Kier alpha value is -3.80. The molecule has 2 aliphatic heterocycles. The Morgan fingerprint density at radius 2 is 1.81 bits per heavy atom. The molecule has 0 saturated carbocycles. The molecule has 2 aromatic carbocycles. The lowest BCUT2D eigenvalue weighted by Gasteiger charge is -2.32. The molecular weight excluding hydrogens is 522 g/mol. The Labute approximate surface area is 249 Å². The molecule has 1 N–H and O–H groups in total. The molecule has 220 valence electrons. The Morgan fingerprint density at radius 3 is 2.62 bits per heavy atom. The molecule has 0 spiro atoms. The van der Waals surface area contributed by atoms with Gasteiger partial charge in [0.05, 0.1) is 12.2 Å². The van der Waals surface area contributed by atoms with Crippen LogP contribution in [0.4, 0.5) is 5.69 Å². The fraction of sp³-hybridized carbons (Fsp3) is 0.444. The zero-order chi connectivity index (χ0) is 29.1. The number of hydrogen-bond donors (Lipinski definition) is 1. The molecule has 0 radical (unpaired) electrons. The smallest absolute Gasteiger partial charge is 0.341 e. The summed E-state index contributed by atoms with van der Waals surface area (Å²) in [6.07, 6.45) is 12.6. The molecule has 2 aliphatic rings. The van der Waals surface area contributed by atoms with Crippen molar-refractivity contribution in [3.8, 4) is 5.75 Å². The van der Waals surface area contributed by atoms with Crippen LogP contribution in [-0.4, -0.2) is 35.6 Å². The second kappa shape index (κ2) is 12.2. The minimum atomic E-state index is -1.23. The van der Waals surface area contributed by atoms with Gasteiger partial charge in [0.2, 0.25) is 5.60 Å². The lowest BCUT2D eigenvalue weighted by molar-refractivity contribution is 0.0238. The van der Waals surface area contributed by atoms with Crippen molar-refractivity contribution < 1.29 is 14.3 Å². The van der Waals surface area contributed by atoms with Crippen LogP contribution >= 0.6 is 0 Å². The number of hydrogen-bond acceptors (Lipinski definition) is 5. The van der Waals surface area contributed by atoms with Crippen LogP contribution in [0.2, 0.25) is 0 Å². The molecule has 0 aliphatic carbocycles. The molecule has 6 rings (SSSR count). The molecule has 0 bridgehead atoms. The molecule has 1 saturated heterocycles. The summed E-state index contributed by atoms with van der Waals surface area (Å²) in [5, 5.41) is 1.13. The van der Waals surface area contributed by atoms with E-state index in [0.29, 0.717) is 17.9 Å². The molecule has 1 atom stereocenters. The maximum absolute atomic E-state index is 13.6. The van der Waals surface area contributed by atoms with Gasteiger partial charge in [-0.25, -0.2) is 4.79 Å². The molecule has 6 heteroatoms. The Bertz CT molecular complexity index is 1570.